The lowest BCUT2D eigenvalue weighted by molar-refractivity contribution is 0.0524. The Morgan fingerprint density at radius 3 is 2.85 bits per heavy atom. The molecule has 0 bridgehead atoms. The summed E-state index contributed by atoms with van der Waals surface area (Å²) in [7, 11) is 1.65. The van der Waals surface area contributed by atoms with E-state index in [0.717, 1.165) is 5.69 Å². The molecule has 2 aromatic rings. The van der Waals surface area contributed by atoms with Crippen molar-refractivity contribution < 1.29 is 23.7 Å². The lowest BCUT2D eigenvalue weighted by Crippen LogP contribution is -2.31. The Hall–Kier alpha value is -2.58. The highest BCUT2D eigenvalue weighted by Gasteiger charge is 2.21. The van der Waals surface area contributed by atoms with E-state index in [0.29, 0.717) is 55.7 Å². The van der Waals surface area contributed by atoms with Crippen molar-refractivity contribution in [3.63, 3.8) is 0 Å². The van der Waals surface area contributed by atoms with Crippen molar-refractivity contribution in [1.29, 1.82) is 0 Å². The molecule has 0 spiro atoms. The van der Waals surface area contributed by atoms with E-state index >= 15 is 0 Å². The van der Waals surface area contributed by atoms with Gasteiger partial charge in [0.25, 0.3) is 0 Å². The Bertz CT molecular complexity index is 790. The van der Waals surface area contributed by atoms with Crippen LogP contribution in [0.4, 0.5) is 0 Å². The fraction of sp³-hybridized carbons (Fsp3) is 0.474. The summed E-state index contributed by atoms with van der Waals surface area (Å²) in [6.45, 7) is 6.14. The number of fused-ring (bicyclic) bond motifs is 1. The van der Waals surface area contributed by atoms with Crippen molar-refractivity contribution in [2.45, 2.75) is 26.4 Å². The molecule has 0 amide bonds. The quantitative estimate of drug-likeness (QED) is 0.706. The van der Waals surface area contributed by atoms with Gasteiger partial charge in [0.2, 0.25) is 0 Å². The Balaban J connectivity index is 1.92. The zero-order chi connectivity index (χ0) is 19.2. The van der Waals surface area contributed by atoms with E-state index in [1.54, 1.807) is 18.7 Å². The number of esters is 1. The maximum atomic E-state index is 12.3. The van der Waals surface area contributed by atoms with E-state index in [1.165, 1.54) is 6.20 Å². The van der Waals surface area contributed by atoms with Crippen LogP contribution >= 0.6 is 0 Å². The molecule has 0 aliphatic carbocycles. The van der Waals surface area contributed by atoms with Crippen LogP contribution in [0.5, 0.6) is 11.5 Å². The van der Waals surface area contributed by atoms with Gasteiger partial charge >= 0.3 is 5.97 Å². The average Bonchev–Trinajstić information content (AvgIpc) is 3.10. The van der Waals surface area contributed by atoms with Crippen LogP contribution in [0.1, 0.15) is 29.9 Å². The van der Waals surface area contributed by atoms with Crippen molar-refractivity contribution in [3.05, 3.63) is 35.7 Å². The van der Waals surface area contributed by atoms with Crippen LogP contribution in [0, 0.1) is 0 Å². The smallest absolute Gasteiger partial charge is 0.341 e. The van der Waals surface area contributed by atoms with Crippen LogP contribution in [0.25, 0.3) is 5.69 Å². The van der Waals surface area contributed by atoms with Crippen LogP contribution in [-0.2, 0) is 16.0 Å². The maximum Gasteiger partial charge on any atom is 0.341 e. The maximum absolute atomic E-state index is 12.3. The van der Waals surface area contributed by atoms with E-state index < -0.39 is 5.97 Å². The average molecular weight is 375 g/mol. The first-order chi connectivity index (χ1) is 13.1. The molecule has 8 heteroatoms. The highest BCUT2D eigenvalue weighted by Crippen LogP contribution is 2.32. The van der Waals surface area contributed by atoms with E-state index in [2.05, 4.69) is 10.4 Å². The van der Waals surface area contributed by atoms with Gasteiger partial charge in [-0.15, -0.1) is 0 Å². The minimum absolute atomic E-state index is 0.119. The summed E-state index contributed by atoms with van der Waals surface area (Å²) in [6.07, 6.45) is 1.53. The van der Waals surface area contributed by atoms with E-state index in [1.807, 2.05) is 25.1 Å². The molecule has 1 atom stereocenters. The van der Waals surface area contributed by atoms with Crippen LogP contribution in [0.2, 0.25) is 0 Å². The first kappa shape index (κ1) is 19.2. The lowest BCUT2D eigenvalue weighted by Gasteiger charge is -2.19. The molecule has 0 fully saturated rings. The van der Waals surface area contributed by atoms with E-state index in [4.69, 9.17) is 18.9 Å². The van der Waals surface area contributed by atoms with E-state index in [9.17, 15) is 4.79 Å². The predicted octanol–water partition coefficient (Wildman–Crippen LogP) is 1.94. The second kappa shape index (κ2) is 8.88. The monoisotopic (exact) mass is 375 g/mol. The summed E-state index contributed by atoms with van der Waals surface area (Å²) in [5, 5.41) is 7.76. The third-order valence-corrected chi connectivity index (χ3v) is 4.17. The number of nitrogens with zero attached hydrogens (tertiary/aromatic N) is 2. The Kier molecular flexibility index (Phi) is 6.31. The molecule has 1 aromatic heterocycles. The molecule has 0 saturated carbocycles. The van der Waals surface area contributed by atoms with Crippen molar-refractivity contribution in [1.82, 2.24) is 15.1 Å². The first-order valence-electron chi connectivity index (χ1n) is 9.00. The molecule has 146 valence electrons. The van der Waals surface area contributed by atoms with Gasteiger partial charge in [-0.2, -0.15) is 5.10 Å². The van der Waals surface area contributed by atoms with Crippen LogP contribution in [0.3, 0.4) is 0 Å². The number of carbonyl (C=O) groups is 1. The largest absolute Gasteiger partial charge is 0.486 e. The second-order valence-corrected chi connectivity index (χ2v) is 6.20. The van der Waals surface area contributed by atoms with Gasteiger partial charge in [0.1, 0.15) is 18.8 Å². The Labute approximate surface area is 158 Å². The fourth-order valence-electron chi connectivity index (χ4n) is 2.89. The first-order valence-corrected chi connectivity index (χ1v) is 9.00. The van der Waals surface area contributed by atoms with E-state index in [-0.39, 0.29) is 6.04 Å². The van der Waals surface area contributed by atoms with Crippen LogP contribution in [0.15, 0.2) is 24.4 Å². The summed E-state index contributed by atoms with van der Waals surface area (Å²) in [6, 6.07) is 5.71. The zero-order valence-corrected chi connectivity index (χ0v) is 15.9. The molecule has 0 unspecified atom stereocenters. The summed E-state index contributed by atoms with van der Waals surface area (Å²) < 4.78 is 23.3. The molecule has 8 nitrogen and oxygen atoms in total. The molecular weight excluding hydrogens is 350 g/mol. The van der Waals surface area contributed by atoms with Gasteiger partial charge in [0, 0.05) is 25.8 Å². The predicted molar refractivity (Wildman–Crippen MR) is 98.7 cm³/mol. The van der Waals surface area contributed by atoms with Gasteiger partial charge in [-0.1, -0.05) is 0 Å². The van der Waals surface area contributed by atoms with Gasteiger partial charge in [-0.25, -0.2) is 9.48 Å². The lowest BCUT2D eigenvalue weighted by atomic mass is 10.2. The molecule has 1 aliphatic rings. The zero-order valence-electron chi connectivity index (χ0n) is 15.9. The minimum Gasteiger partial charge on any atom is -0.486 e. The number of carbonyl (C=O) groups excluding carboxylic acids is 1. The minimum atomic E-state index is -0.391. The molecule has 0 radical (unpaired) electrons. The Morgan fingerprint density at radius 1 is 1.33 bits per heavy atom. The highest BCUT2D eigenvalue weighted by molar-refractivity contribution is 5.90. The number of rotatable bonds is 8. The summed E-state index contributed by atoms with van der Waals surface area (Å²) in [4.78, 5) is 12.3. The molecule has 1 N–H and O–H groups in total. The molecule has 1 aromatic carbocycles. The topological polar surface area (TPSA) is 83.8 Å². The summed E-state index contributed by atoms with van der Waals surface area (Å²) >= 11 is 0. The van der Waals surface area contributed by atoms with Gasteiger partial charge in [0.15, 0.2) is 11.5 Å². The SMILES string of the molecule is CCOC(=O)c1cnn(-c2ccc3c(c2)OCCO3)c1CN[C@H](C)COC. The molecule has 2 heterocycles. The Morgan fingerprint density at radius 2 is 2.11 bits per heavy atom. The standard InChI is InChI=1S/C19H25N3O5/c1-4-25-19(23)15-10-21-22(16(15)11-20-13(2)12-24-3)14-5-6-17-18(9-14)27-8-7-26-17/h5-6,9-10,13,20H,4,7-8,11-12H2,1-3H3/t13-/m1/s1. The van der Waals surface area contributed by atoms with Gasteiger partial charge in [0.05, 0.1) is 30.8 Å². The van der Waals surface area contributed by atoms with Gasteiger partial charge < -0.3 is 24.3 Å². The normalized spacial score (nSPS) is 14.0. The number of methoxy groups -OCH3 is 1. The number of hydrogen-bond donors (Lipinski definition) is 1. The third kappa shape index (κ3) is 4.40. The van der Waals surface area contributed by atoms with Crippen molar-refractivity contribution in [2.24, 2.45) is 0 Å². The number of nitrogens with one attached hydrogen (secondary N) is 1. The van der Waals surface area contributed by atoms with Crippen molar-refractivity contribution in [2.75, 3.05) is 33.5 Å². The molecule has 0 saturated heterocycles. The van der Waals surface area contributed by atoms with Gasteiger partial charge in [-0.05, 0) is 26.0 Å². The third-order valence-electron chi connectivity index (χ3n) is 4.17. The highest BCUT2D eigenvalue weighted by atomic mass is 16.6. The molecule has 1 aliphatic heterocycles. The summed E-state index contributed by atoms with van der Waals surface area (Å²) in [5.74, 6) is 0.979. The summed E-state index contributed by atoms with van der Waals surface area (Å²) in [5.41, 5.74) is 1.93. The van der Waals surface area contributed by atoms with Gasteiger partial charge in [-0.3, -0.25) is 0 Å². The van der Waals surface area contributed by atoms with Crippen molar-refractivity contribution in [3.8, 4) is 17.2 Å². The van der Waals surface area contributed by atoms with Crippen LogP contribution in [-0.4, -0.2) is 55.3 Å². The number of hydrogen-bond acceptors (Lipinski definition) is 7. The molecular formula is C19H25N3O5. The fourth-order valence-corrected chi connectivity index (χ4v) is 2.89. The number of aromatic nitrogens is 2. The van der Waals surface area contributed by atoms with Crippen molar-refractivity contribution >= 4 is 5.97 Å². The number of ether oxygens (including phenoxy) is 4. The number of benzene rings is 1. The van der Waals surface area contributed by atoms with Crippen LogP contribution < -0.4 is 14.8 Å². The molecule has 27 heavy (non-hydrogen) atoms. The molecule has 3 rings (SSSR count). The second-order valence-electron chi connectivity index (χ2n) is 6.20.